The lowest BCUT2D eigenvalue weighted by Gasteiger charge is -2.12. The van der Waals surface area contributed by atoms with Crippen molar-refractivity contribution in [3.63, 3.8) is 0 Å². The van der Waals surface area contributed by atoms with Gasteiger partial charge < -0.3 is 20.9 Å². The second kappa shape index (κ2) is 8.99. The first-order valence-corrected chi connectivity index (χ1v) is 11.3. The summed E-state index contributed by atoms with van der Waals surface area (Å²) < 4.78 is 0. The molecule has 0 unspecified atom stereocenters. The van der Waals surface area contributed by atoms with Crippen molar-refractivity contribution in [1.29, 1.82) is 0 Å². The standard InChI is InChI=1S/C26H27N7O/c1-33(2)19-8-4-16(5-9-19)17-6-11-22-23(15-17)30-25(29-22)24-20-14-18(7-10-21(20)31-32-24)26(34)28-13-3-12-27/h4-11,14-15H,3,12-13,27H2,1-2H3,(H,28,34)(H,29,30)(H,31,32). The summed E-state index contributed by atoms with van der Waals surface area (Å²) in [6.07, 6.45) is 0.742. The number of H-pyrrole nitrogens is 2. The number of carbonyl (C=O) groups is 1. The molecule has 3 aromatic carbocycles. The number of anilines is 1. The molecule has 0 fully saturated rings. The van der Waals surface area contributed by atoms with Gasteiger partial charge in [-0.3, -0.25) is 9.89 Å². The number of amides is 1. The minimum absolute atomic E-state index is 0.128. The van der Waals surface area contributed by atoms with Crippen LogP contribution in [0.4, 0.5) is 5.69 Å². The first-order chi connectivity index (χ1) is 16.5. The Kier molecular flexibility index (Phi) is 5.73. The number of nitrogens with zero attached hydrogens (tertiary/aromatic N) is 3. The molecule has 5 aromatic rings. The number of hydrogen-bond donors (Lipinski definition) is 4. The first-order valence-electron chi connectivity index (χ1n) is 11.3. The highest BCUT2D eigenvalue weighted by Gasteiger charge is 2.15. The van der Waals surface area contributed by atoms with Crippen LogP contribution in [0.1, 0.15) is 16.8 Å². The maximum Gasteiger partial charge on any atom is 0.251 e. The third-order valence-corrected chi connectivity index (χ3v) is 5.91. The third kappa shape index (κ3) is 4.11. The molecule has 5 N–H and O–H groups in total. The van der Waals surface area contributed by atoms with Gasteiger partial charge in [-0.05, 0) is 66.6 Å². The molecule has 0 spiro atoms. The van der Waals surface area contributed by atoms with Crippen LogP contribution in [-0.4, -0.2) is 53.3 Å². The van der Waals surface area contributed by atoms with Crippen LogP contribution in [-0.2, 0) is 0 Å². The van der Waals surface area contributed by atoms with Crippen LogP contribution < -0.4 is 16.0 Å². The second-order valence-corrected chi connectivity index (χ2v) is 8.49. The number of imidazole rings is 1. The highest BCUT2D eigenvalue weighted by molar-refractivity contribution is 6.01. The molecule has 8 nitrogen and oxygen atoms in total. The van der Waals surface area contributed by atoms with E-state index in [4.69, 9.17) is 10.7 Å². The predicted molar refractivity (Wildman–Crippen MR) is 137 cm³/mol. The average molecular weight is 454 g/mol. The topological polar surface area (TPSA) is 116 Å². The lowest BCUT2D eigenvalue weighted by Crippen LogP contribution is -2.25. The molecule has 0 bridgehead atoms. The van der Waals surface area contributed by atoms with Gasteiger partial charge in [-0.25, -0.2) is 4.98 Å². The Labute approximate surface area is 197 Å². The van der Waals surface area contributed by atoms with Gasteiger partial charge in [-0.2, -0.15) is 5.10 Å². The van der Waals surface area contributed by atoms with Crippen LogP contribution in [0, 0.1) is 0 Å². The summed E-state index contributed by atoms with van der Waals surface area (Å²) in [4.78, 5) is 22.7. The molecule has 0 aliphatic carbocycles. The van der Waals surface area contributed by atoms with Crippen molar-refractivity contribution in [2.45, 2.75) is 6.42 Å². The summed E-state index contributed by atoms with van der Waals surface area (Å²) >= 11 is 0. The number of aromatic nitrogens is 4. The SMILES string of the molecule is CN(C)c1ccc(-c2ccc3nc(-c4n[nH]c5ccc(C(=O)NCCCN)cc45)[nH]c3c2)cc1. The molecular weight excluding hydrogens is 426 g/mol. The van der Waals surface area contributed by atoms with Crippen LogP contribution in [0.3, 0.4) is 0 Å². The maximum atomic E-state index is 12.5. The Balaban J connectivity index is 1.47. The van der Waals surface area contributed by atoms with E-state index in [9.17, 15) is 4.79 Å². The number of benzene rings is 3. The molecule has 0 radical (unpaired) electrons. The Bertz CT molecular complexity index is 1460. The van der Waals surface area contributed by atoms with Gasteiger partial charge in [-0.15, -0.1) is 0 Å². The summed E-state index contributed by atoms with van der Waals surface area (Å²) in [6.45, 7) is 1.09. The quantitative estimate of drug-likeness (QED) is 0.279. The largest absolute Gasteiger partial charge is 0.378 e. The van der Waals surface area contributed by atoms with E-state index >= 15 is 0 Å². The van der Waals surface area contributed by atoms with Crippen molar-refractivity contribution in [3.05, 3.63) is 66.2 Å². The second-order valence-electron chi connectivity index (χ2n) is 8.49. The van der Waals surface area contributed by atoms with Gasteiger partial charge in [-0.1, -0.05) is 18.2 Å². The van der Waals surface area contributed by atoms with Gasteiger partial charge in [0.25, 0.3) is 5.91 Å². The van der Waals surface area contributed by atoms with E-state index in [1.165, 1.54) is 0 Å². The van der Waals surface area contributed by atoms with Crippen molar-refractivity contribution in [3.8, 4) is 22.6 Å². The molecule has 5 rings (SSSR count). The summed E-state index contributed by atoms with van der Waals surface area (Å²) in [5.74, 6) is 0.527. The molecule has 0 aliphatic rings. The Morgan fingerprint density at radius 1 is 1.00 bits per heavy atom. The van der Waals surface area contributed by atoms with Gasteiger partial charge in [0.05, 0.1) is 16.6 Å². The van der Waals surface area contributed by atoms with Gasteiger partial charge >= 0.3 is 0 Å². The molecule has 8 heteroatoms. The number of aromatic amines is 2. The fraction of sp³-hybridized carbons (Fsp3) is 0.192. The molecule has 0 atom stereocenters. The van der Waals surface area contributed by atoms with E-state index in [0.717, 1.165) is 45.2 Å². The van der Waals surface area contributed by atoms with Crippen LogP contribution in [0.15, 0.2) is 60.7 Å². The number of rotatable bonds is 7. The molecule has 34 heavy (non-hydrogen) atoms. The zero-order valence-electron chi connectivity index (χ0n) is 19.2. The molecular formula is C26H27N7O. The zero-order chi connectivity index (χ0) is 23.7. The molecule has 172 valence electrons. The average Bonchev–Trinajstić information content (AvgIpc) is 3.47. The van der Waals surface area contributed by atoms with Crippen molar-refractivity contribution in [1.82, 2.24) is 25.5 Å². The molecule has 2 aromatic heterocycles. The van der Waals surface area contributed by atoms with Crippen molar-refractivity contribution < 1.29 is 4.79 Å². The first kappa shape index (κ1) is 21.7. The Morgan fingerprint density at radius 3 is 2.56 bits per heavy atom. The highest BCUT2D eigenvalue weighted by atomic mass is 16.1. The number of fused-ring (bicyclic) bond motifs is 2. The van der Waals surface area contributed by atoms with Gasteiger partial charge in [0.2, 0.25) is 0 Å². The van der Waals surface area contributed by atoms with Crippen LogP contribution in [0.5, 0.6) is 0 Å². The minimum atomic E-state index is -0.128. The highest BCUT2D eigenvalue weighted by Crippen LogP contribution is 2.30. The Hall–Kier alpha value is -4.17. The van der Waals surface area contributed by atoms with Crippen LogP contribution >= 0.6 is 0 Å². The molecule has 2 heterocycles. The lowest BCUT2D eigenvalue weighted by molar-refractivity contribution is 0.0953. The van der Waals surface area contributed by atoms with Crippen molar-refractivity contribution in [2.75, 3.05) is 32.1 Å². The predicted octanol–water partition coefficient (Wildman–Crippen LogP) is 3.92. The summed E-state index contributed by atoms with van der Waals surface area (Å²) in [6, 6.07) is 20.1. The van der Waals surface area contributed by atoms with Crippen molar-refractivity contribution >= 4 is 33.5 Å². The lowest BCUT2D eigenvalue weighted by atomic mass is 10.0. The van der Waals surface area contributed by atoms with Crippen LogP contribution in [0.25, 0.3) is 44.6 Å². The number of carbonyl (C=O) groups excluding carboxylic acids is 1. The molecule has 0 saturated heterocycles. The fourth-order valence-corrected chi connectivity index (χ4v) is 4.00. The number of nitrogens with two attached hydrogens (primary N) is 1. The smallest absolute Gasteiger partial charge is 0.251 e. The van der Waals surface area contributed by atoms with E-state index in [0.29, 0.717) is 30.2 Å². The van der Waals surface area contributed by atoms with Gasteiger partial charge in [0.15, 0.2) is 5.82 Å². The zero-order valence-corrected chi connectivity index (χ0v) is 19.2. The van der Waals surface area contributed by atoms with E-state index < -0.39 is 0 Å². The third-order valence-electron chi connectivity index (χ3n) is 5.91. The maximum absolute atomic E-state index is 12.5. The minimum Gasteiger partial charge on any atom is -0.378 e. The fourth-order valence-electron chi connectivity index (χ4n) is 4.00. The summed E-state index contributed by atoms with van der Waals surface area (Å²) in [7, 11) is 4.06. The van der Waals surface area contributed by atoms with E-state index in [1.54, 1.807) is 6.07 Å². The number of nitrogens with one attached hydrogen (secondary N) is 3. The van der Waals surface area contributed by atoms with E-state index in [-0.39, 0.29) is 5.91 Å². The van der Waals surface area contributed by atoms with Gasteiger partial charge in [0.1, 0.15) is 5.69 Å². The van der Waals surface area contributed by atoms with Gasteiger partial charge in [0, 0.05) is 37.3 Å². The van der Waals surface area contributed by atoms with E-state index in [2.05, 4.69) is 61.8 Å². The van der Waals surface area contributed by atoms with Crippen molar-refractivity contribution in [2.24, 2.45) is 5.73 Å². The molecule has 0 saturated carbocycles. The summed E-state index contributed by atoms with van der Waals surface area (Å²) in [5.41, 5.74) is 12.8. The van der Waals surface area contributed by atoms with Crippen LogP contribution in [0.2, 0.25) is 0 Å². The van der Waals surface area contributed by atoms with E-state index in [1.807, 2.05) is 32.3 Å². The monoisotopic (exact) mass is 453 g/mol. The normalized spacial score (nSPS) is 11.3. The summed E-state index contributed by atoms with van der Waals surface area (Å²) in [5, 5.41) is 11.2. The molecule has 1 amide bonds. The Morgan fingerprint density at radius 2 is 1.79 bits per heavy atom. The molecule has 0 aliphatic heterocycles. The number of hydrogen-bond acceptors (Lipinski definition) is 5.